The van der Waals surface area contributed by atoms with E-state index in [4.69, 9.17) is 15.1 Å². The van der Waals surface area contributed by atoms with Crippen molar-refractivity contribution in [1.82, 2.24) is 4.98 Å². The van der Waals surface area contributed by atoms with Gasteiger partial charge in [-0.15, -0.1) is 23.1 Å². The second kappa shape index (κ2) is 9.93. The van der Waals surface area contributed by atoms with E-state index in [1.165, 1.54) is 11.8 Å². The molecule has 0 fully saturated rings. The topological polar surface area (TPSA) is 83.2 Å². The van der Waals surface area contributed by atoms with Crippen LogP contribution < -0.4 is 4.74 Å². The predicted molar refractivity (Wildman–Crippen MR) is 114 cm³/mol. The maximum atomic E-state index is 11.1. The number of unbranched alkanes of at least 4 members (excludes halogenated alkanes) is 1. The minimum atomic E-state index is -0.869. The second-order valence-corrected chi connectivity index (χ2v) is 7.91. The molecule has 3 aromatic rings. The van der Waals surface area contributed by atoms with Crippen LogP contribution in [-0.2, 0) is 4.79 Å². The summed E-state index contributed by atoms with van der Waals surface area (Å²) in [6, 6.07) is 17.6. The maximum absolute atomic E-state index is 11.1. The number of aliphatic carboxylic acids is 1. The Hall–Kier alpha value is -2.82. The minimum absolute atomic E-state index is 0.0356. The average molecular weight is 411 g/mol. The summed E-state index contributed by atoms with van der Waals surface area (Å²) < 4.78 is 6.75. The van der Waals surface area contributed by atoms with Crippen molar-refractivity contribution in [3.05, 3.63) is 59.1 Å². The Morgan fingerprint density at radius 2 is 2.14 bits per heavy atom. The number of carboxylic acids is 1. The van der Waals surface area contributed by atoms with Gasteiger partial charge < -0.3 is 9.84 Å². The van der Waals surface area contributed by atoms with Gasteiger partial charge in [0.25, 0.3) is 0 Å². The molecule has 3 rings (SSSR count). The van der Waals surface area contributed by atoms with E-state index in [0.717, 1.165) is 31.4 Å². The predicted octanol–water partition coefficient (Wildman–Crippen LogP) is 5.29. The fourth-order valence-electron chi connectivity index (χ4n) is 2.47. The van der Waals surface area contributed by atoms with Gasteiger partial charge in [-0.05, 0) is 42.3 Å². The minimum Gasteiger partial charge on any atom is -0.494 e. The number of para-hydroxylation sites is 1. The van der Waals surface area contributed by atoms with Crippen molar-refractivity contribution in [2.45, 2.75) is 12.8 Å². The highest BCUT2D eigenvalue weighted by Gasteiger charge is 2.12. The van der Waals surface area contributed by atoms with Crippen LogP contribution in [0.5, 0.6) is 5.75 Å². The van der Waals surface area contributed by atoms with Crippen LogP contribution >= 0.6 is 23.1 Å². The molecule has 1 heterocycles. The van der Waals surface area contributed by atoms with Crippen LogP contribution in [0.1, 0.15) is 23.4 Å². The highest BCUT2D eigenvalue weighted by Crippen LogP contribution is 2.35. The standard InChI is InChI=1S/C21H18N2O3S2/c22-10-3-4-11-26-16-7-5-6-15(12-16)13-19(27-14-20(24)25)21-23-17-8-1-2-9-18(17)28-21/h1-2,5-9,12-13H,3-4,11,14H2,(H,24,25)/b19-13+. The third-order valence-electron chi connectivity index (χ3n) is 3.71. The molecular formula is C21H18N2O3S2. The van der Waals surface area contributed by atoms with Gasteiger partial charge in [-0.1, -0.05) is 24.3 Å². The zero-order valence-corrected chi connectivity index (χ0v) is 16.6. The maximum Gasteiger partial charge on any atom is 0.313 e. The number of carbonyl (C=O) groups is 1. The lowest BCUT2D eigenvalue weighted by Crippen LogP contribution is -1.98. The van der Waals surface area contributed by atoms with E-state index in [9.17, 15) is 4.79 Å². The molecule has 0 aliphatic carbocycles. The smallest absolute Gasteiger partial charge is 0.313 e. The fourth-order valence-corrected chi connectivity index (χ4v) is 4.31. The number of nitriles is 1. The van der Waals surface area contributed by atoms with Gasteiger partial charge in [0.05, 0.1) is 28.6 Å². The number of ether oxygens (including phenoxy) is 1. The largest absolute Gasteiger partial charge is 0.494 e. The molecule has 0 aliphatic rings. The van der Waals surface area contributed by atoms with Gasteiger partial charge in [-0.25, -0.2) is 4.98 Å². The normalized spacial score (nSPS) is 11.3. The van der Waals surface area contributed by atoms with Crippen molar-refractivity contribution >= 4 is 50.3 Å². The molecule has 0 amide bonds. The van der Waals surface area contributed by atoms with E-state index in [1.54, 1.807) is 11.3 Å². The Labute approximate surface area is 171 Å². The Morgan fingerprint density at radius 1 is 1.29 bits per heavy atom. The molecule has 28 heavy (non-hydrogen) atoms. The van der Waals surface area contributed by atoms with E-state index in [-0.39, 0.29) is 5.75 Å². The lowest BCUT2D eigenvalue weighted by atomic mass is 10.2. The summed E-state index contributed by atoms with van der Waals surface area (Å²) in [5.41, 5.74) is 1.81. The molecule has 5 nitrogen and oxygen atoms in total. The molecule has 7 heteroatoms. The molecule has 0 unspecified atom stereocenters. The molecule has 0 saturated carbocycles. The Bertz CT molecular complexity index is 1000. The summed E-state index contributed by atoms with van der Waals surface area (Å²) in [5, 5.41) is 18.5. The summed E-state index contributed by atoms with van der Waals surface area (Å²) >= 11 is 2.80. The van der Waals surface area contributed by atoms with Gasteiger partial charge in [0.2, 0.25) is 0 Å². The number of thiazole rings is 1. The molecule has 0 atom stereocenters. The lowest BCUT2D eigenvalue weighted by Gasteiger charge is -2.07. The number of thioether (sulfide) groups is 1. The van der Waals surface area contributed by atoms with Gasteiger partial charge in [0, 0.05) is 11.3 Å². The number of rotatable bonds is 9. The average Bonchev–Trinajstić information content (AvgIpc) is 3.13. The summed E-state index contributed by atoms with van der Waals surface area (Å²) in [7, 11) is 0. The fraction of sp³-hybridized carbons (Fsp3) is 0.190. The molecule has 1 N–H and O–H groups in total. The first-order valence-corrected chi connectivity index (χ1v) is 10.5. The van der Waals surface area contributed by atoms with E-state index >= 15 is 0 Å². The number of hydrogen-bond acceptors (Lipinski definition) is 6. The number of carboxylic acid groups (broad SMARTS) is 1. The highest BCUT2D eigenvalue weighted by atomic mass is 32.2. The van der Waals surface area contributed by atoms with Gasteiger partial charge in [0.1, 0.15) is 10.8 Å². The number of hydrogen-bond donors (Lipinski definition) is 1. The van der Waals surface area contributed by atoms with Crippen LogP contribution in [0.3, 0.4) is 0 Å². The third kappa shape index (κ3) is 5.59. The summed E-state index contributed by atoms with van der Waals surface area (Å²) in [6.07, 6.45) is 3.09. The van der Waals surface area contributed by atoms with Crippen LogP contribution in [0.25, 0.3) is 21.2 Å². The van der Waals surface area contributed by atoms with Crippen molar-refractivity contribution in [2.24, 2.45) is 0 Å². The Morgan fingerprint density at radius 3 is 2.93 bits per heavy atom. The number of nitrogens with zero attached hydrogens (tertiary/aromatic N) is 2. The molecule has 0 spiro atoms. The van der Waals surface area contributed by atoms with Crippen molar-refractivity contribution in [3.63, 3.8) is 0 Å². The SMILES string of the molecule is N#CCCCOc1cccc(/C=C(/SCC(=O)O)c2nc3ccccc3s2)c1. The van der Waals surface area contributed by atoms with Crippen LogP contribution in [0, 0.1) is 11.3 Å². The molecule has 2 aromatic carbocycles. The van der Waals surface area contributed by atoms with Crippen molar-refractivity contribution in [2.75, 3.05) is 12.4 Å². The summed E-state index contributed by atoms with van der Waals surface area (Å²) in [5.74, 6) is -0.184. The van der Waals surface area contributed by atoms with E-state index in [0.29, 0.717) is 19.4 Å². The second-order valence-electron chi connectivity index (χ2n) is 5.86. The molecule has 0 saturated heterocycles. The summed E-state index contributed by atoms with van der Waals surface area (Å²) in [6.45, 7) is 0.485. The molecular weight excluding hydrogens is 392 g/mol. The van der Waals surface area contributed by atoms with Crippen LogP contribution in [0.4, 0.5) is 0 Å². The van der Waals surface area contributed by atoms with Gasteiger partial charge in [0.15, 0.2) is 0 Å². The van der Waals surface area contributed by atoms with Gasteiger partial charge >= 0.3 is 5.97 Å². The van der Waals surface area contributed by atoms with Crippen molar-refractivity contribution in [1.29, 1.82) is 5.26 Å². The molecule has 1 aromatic heterocycles. The molecule has 142 valence electrons. The van der Waals surface area contributed by atoms with Gasteiger partial charge in [-0.3, -0.25) is 4.79 Å². The van der Waals surface area contributed by atoms with E-state index in [2.05, 4.69) is 11.1 Å². The van der Waals surface area contributed by atoms with Crippen LogP contribution in [0.15, 0.2) is 48.5 Å². The number of benzene rings is 2. The van der Waals surface area contributed by atoms with Crippen molar-refractivity contribution < 1.29 is 14.6 Å². The first-order valence-electron chi connectivity index (χ1n) is 8.68. The highest BCUT2D eigenvalue weighted by molar-refractivity contribution is 8.09. The van der Waals surface area contributed by atoms with Crippen molar-refractivity contribution in [3.8, 4) is 11.8 Å². The lowest BCUT2D eigenvalue weighted by molar-refractivity contribution is -0.133. The van der Waals surface area contributed by atoms with Crippen LogP contribution in [0.2, 0.25) is 0 Å². The van der Waals surface area contributed by atoms with E-state index < -0.39 is 5.97 Å². The zero-order chi connectivity index (χ0) is 19.8. The summed E-state index contributed by atoms with van der Waals surface area (Å²) in [4.78, 5) is 16.5. The quantitative estimate of drug-likeness (QED) is 0.482. The number of fused-ring (bicyclic) bond motifs is 1. The zero-order valence-electron chi connectivity index (χ0n) is 15.0. The first-order chi connectivity index (χ1) is 13.7. The third-order valence-corrected chi connectivity index (χ3v) is 5.93. The van der Waals surface area contributed by atoms with Crippen LogP contribution in [-0.4, -0.2) is 28.4 Å². The Kier molecular flexibility index (Phi) is 7.06. The van der Waals surface area contributed by atoms with E-state index in [1.807, 2.05) is 54.6 Å². The first kappa shape index (κ1) is 19.9. The monoisotopic (exact) mass is 410 g/mol. The molecule has 0 aliphatic heterocycles. The molecule has 0 radical (unpaired) electrons. The Balaban J connectivity index is 1.86. The number of aromatic nitrogens is 1. The van der Waals surface area contributed by atoms with Gasteiger partial charge in [-0.2, -0.15) is 5.26 Å². The molecule has 0 bridgehead atoms.